The van der Waals surface area contributed by atoms with Crippen LogP contribution in [0.5, 0.6) is 0 Å². The predicted molar refractivity (Wildman–Crippen MR) is 69.6 cm³/mol. The second-order valence-electron chi connectivity index (χ2n) is 3.38. The molecule has 82 valence electrons. The third-order valence-corrected chi connectivity index (χ3v) is 4.08. The number of nitrogens with zero attached hydrogens (tertiary/aromatic N) is 2. The van der Waals surface area contributed by atoms with E-state index in [0.717, 1.165) is 15.2 Å². The van der Waals surface area contributed by atoms with E-state index in [1.165, 1.54) is 3.97 Å². The van der Waals surface area contributed by atoms with E-state index in [1.807, 2.05) is 6.07 Å². The second kappa shape index (κ2) is 3.75. The van der Waals surface area contributed by atoms with Crippen molar-refractivity contribution in [3.05, 3.63) is 33.5 Å². The summed E-state index contributed by atoms with van der Waals surface area (Å²) in [5.41, 5.74) is 1.13. The van der Waals surface area contributed by atoms with Gasteiger partial charge in [0.25, 0.3) is 0 Å². The summed E-state index contributed by atoms with van der Waals surface area (Å²) in [4.78, 5) is 0. The van der Waals surface area contributed by atoms with Gasteiger partial charge in [0.2, 0.25) is 10.0 Å². The van der Waals surface area contributed by atoms with Gasteiger partial charge in [0.1, 0.15) is 0 Å². The van der Waals surface area contributed by atoms with Gasteiger partial charge in [0.15, 0.2) is 0 Å². The zero-order valence-corrected chi connectivity index (χ0v) is 11.3. The average molecular weight is 346 g/mol. The summed E-state index contributed by atoms with van der Waals surface area (Å²) in [6.07, 6.45) is 2.71. The van der Waals surface area contributed by atoms with Gasteiger partial charge in [-0.15, -0.1) is 0 Å². The fourth-order valence-corrected chi connectivity index (χ4v) is 3.22. The van der Waals surface area contributed by atoms with Crippen LogP contribution in [-0.2, 0) is 10.0 Å². The van der Waals surface area contributed by atoms with E-state index in [2.05, 4.69) is 22.6 Å². The van der Waals surface area contributed by atoms with Gasteiger partial charge in [-0.3, -0.25) is 0 Å². The minimum atomic E-state index is -3.30. The Labute approximate surface area is 107 Å². The Kier molecular flexibility index (Phi) is 2.67. The number of halogens is 1. The molecule has 0 saturated heterocycles. The van der Waals surface area contributed by atoms with Gasteiger partial charge >= 0.3 is 0 Å². The predicted octanol–water partition coefficient (Wildman–Crippen LogP) is 1.93. The number of nitriles is 1. The Bertz CT molecular complexity index is 710. The van der Waals surface area contributed by atoms with Gasteiger partial charge in [0.05, 0.1) is 23.4 Å². The summed E-state index contributed by atoms with van der Waals surface area (Å²) in [5, 5.41) is 9.56. The van der Waals surface area contributed by atoms with Gasteiger partial charge < -0.3 is 0 Å². The monoisotopic (exact) mass is 346 g/mol. The third-order valence-electron chi connectivity index (χ3n) is 2.21. The first-order valence-electron chi connectivity index (χ1n) is 4.35. The number of rotatable bonds is 1. The second-order valence-corrected chi connectivity index (χ2v) is 6.40. The molecule has 1 aromatic heterocycles. The van der Waals surface area contributed by atoms with Crippen LogP contribution in [0.25, 0.3) is 10.9 Å². The highest BCUT2D eigenvalue weighted by atomic mass is 127. The molecule has 16 heavy (non-hydrogen) atoms. The molecule has 2 rings (SSSR count). The smallest absolute Gasteiger partial charge is 0.236 e. The van der Waals surface area contributed by atoms with Crippen LogP contribution in [0, 0.1) is 14.9 Å². The normalized spacial score (nSPS) is 11.6. The Morgan fingerprint density at radius 3 is 2.69 bits per heavy atom. The fourth-order valence-electron chi connectivity index (χ4n) is 1.51. The Morgan fingerprint density at radius 1 is 1.44 bits per heavy atom. The first kappa shape index (κ1) is 11.4. The Balaban J connectivity index is 2.89. The van der Waals surface area contributed by atoms with Crippen LogP contribution in [0.3, 0.4) is 0 Å². The van der Waals surface area contributed by atoms with Crippen molar-refractivity contribution in [3.8, 4) is 6.07 Å². The molecule has 0 bridgehead atoms. The fraction of sp³-hybridized carbons (Fsp3) is 0.100. The zero-order valence-electron chi connectivity index (χ0n) is 8.31. The van der Waals surface area contributed by atoms with Crippen molar-refractivity contribution >= 4 is 43.5 Å². The molecule has 0 unspecified atom stereocenters. The van der Waals surface area contributed by atoms with Crippen LogP contribution in [0.2, 0.25) is 0 Å². The van der Waals surface area contributed by atoms with E-state index >= 15 is 0 Å². The standard InChI is InChI=1S/C10H7IN2O2S/c1-16(14,15)13-6-9(11)8-4-7(5-12)2-3-10(8)13/h2-4,6H,1H3. The lowest BCUT2D eigenvalue weighted by Gasteiger charge is -2.00. The van der Waals surface area contributed by atoms with Crippen LogP contribution >= 0.6 is 22.6 Å². The zero-order chi connectivity index (χ0) is 11.9. The van der Waals surface area contributed by atoms with E-state index < -0.39 is 10.0 Å². The molecule has 0 saturated carbocycles. The molecule has 0 atom stereocenters. The molecule has 0 spiro atoms. The lowest BCUT2D eigenvalue weighted by atomic mass is 10.2. The first-order valence-corrected chi connectivity index (χ1v) is 7.27. The molecular weight excluding hydrogens is 339 g/mol. The molecule has 0 radical (unpaired) electrons. The summed E-state index contributed by atoms with van der Waals surface area (Å²) in [6.45, 7) is 0. The Hall–Kier alpha value is -1.07. The minimum Gasteiger partial charge on any atom is -0.244 e. The van der Waals surface area contributed by atoms with Crippen molar-refractivity contribution in [1.29, 1.82) is 5.26 Å². The first-order chi connectivity index (χ1) is 7.43. The quantitative estimate of drug-likeness (QED) is 0.742. The van der Waals surface area contributed by atoms with Gasteiger partial charge in [-0.1, -0.05) is 0 Å². The van der Waals surface area contributed by atoms with E-state index in [4.69, 9.17) is 5.26 Å². The molecule has 0 aliphatic heterocycles. The highest BCUT2D eigenvalue weighted by Crippen LogP contribution is 2.25. The minimum absolute atomic E-state index is 0.525. The molecule has 4 nitrogen and oxygen atoms in total. The van der Waals surface area contributed by atoms with Crippen molar-refractivity contribution in [2.75, 3.05) is 6.26 Å². The maximum atomic E-state index is 11.5. The molecule has 1 aromatic carbocycles. The average Bonchev–Trinajstić information content (AvgIpc) is 2.55. The maximum absolute atomic E-state index is 11.5. The van der Waals surface area contributed by atoms with Gasteiger partial charge in [-0.05, 0) is 40.8 Å². The van der Waals surface area contributed by atoms with Crippen LogP contribution in [-0.4, -0.2) is 18.6 Å². The topological polar surface area (TPSA) is 62.9 Å². The largest absolute Gasteiger partial charge is 0.244 e. The van der Waals surface area contributed by atoms with Crippen molar-refractivity contribution in [3.63, 3.8) is 0 Å². The molecule has 0 aliphatic carbocycles. The lowest BCUT2D eigenvalue weighted by Crippen LogP contribution is -2.08. The van der Waals surface area contributed by atoms with Crippen LogP contribution in [0.4, 0.5) is 0 Å². The third kappa shape index (κ3) is 1.81. The summed E-state index contributed by atoms with van der Waals surface area (Å²) in [6, 6.07) is 6.99. The number of fused-ring (bicyclic) bond motifs is 1. The van der Waals surface area contributed by atoms with Gasteiger partial charge in [-0.2, -0.15) is 5.26 Å². The molecular formula is C10H7IN2O2S. The molecule has 6 heteroatoms. The highest BCUT2D eigenvalue weighted by molar-refractivity contribution is 14.1. The Morgan fingerprint density at radius 2 is 2.12 bits per heavy atom. The molecule has 0 amide bonds. The molecule has 0 N–H and O–H groups in total. The van der Waals surface area contributed by atoms with Crippen LogP contribution in [0.15, 0.2) is 24.4 Å². The summed E-state index contributed by atoms with van der Waals surface area (Å²) < 4.78 is 25.1. The van der Waals surface area contributed by atoms with Gasteiger partial charge in [0, 0.05) is 15.2 Å². The lowest BCUT2D eigenvalue weighted by molar-refractivity contribution is 0.595. The number of aromatic nitrogens is 1. The van der Waals surface area contributed by atoms with E-state index in [0.29, 0.717) is 11.1 Å². The maximum Gasteiger partial charge on any atom is 0.236 e. The summed E-state index contributed by atoms with van der Waals surface area (Å²) in [5.74, 6) is 0. The van der Waals surface area contributed by atoms with E-state index in [9.17, 15) is 8.42 Å². The number of hydrogen-bond acceptors (Lipinski definition) is 3. The van der Waals surface area contributed by atoms with Gasteiger partial charge in [-0.25, -0.2) is 12.4 Å². The van der Waals surface area contributed by atoms with Crippen molar-refractivity contribution in [1.82, 2.24) is 3.97 Å². The molecule has 1 heterocycles. The summed E-state index contributed by atoms with van der Waals surface area (Å²) >= 11 is 2.06. The van der Waals surface area contributed by atoms with Crippen molar-refractivity contribution in [2.24, 2.45) is 0 Å². The van der Waals surface area contributed by atoms with Crippen molar-refractivity contribution in [2.45, 2.75) is 0 Å². The summed E-state index contributed by atoms with van der Waals surface area (Å²) in [7, 11) is -3.30. The van der Waals surface area contributed by atoms with Crippen LogP contribution < -0.4 is 0 Å². The van der Waals surface area contributed by atoms with E-state index in [1.54, 1.807) is 24.4 Å². The molecule has 0 aliphatic rings. The SMILES string of the molecule is CS(=O)(=O)n1cc(I)c2cc(C#N)ccc21. The molecule has 2 aromatic rings. The molecule has 0 fully saturated rings. The van der Waals surface area contributed by atoms with E-state index in [-0.39, 0.29) is 0 Å². The number of hydrogen-bond donors (Lipinski definition) is 0. The van der Waals surface area contributed by atoms with Crippen LogP contribution in [0.1, 0.15) is 5.56 Å². The highest BCUT2D eigenvalue weighted by Gasteiger charge is 2.13. The number of benzene rings is 1. The van der Waals surface area contributed by atoms with Crippen molar-refractivity contribution < 1.29 is 8.42 Å².